The quantitative estimate of drug-likeness (QED) is 0.633. The molecule has 1 amide bonds. The summed E-state index contributed by atoms with van der Waals surface area (Å²) in [6.07, 6.45) is -2.34. The molecule has 158 valence electrons. The number of anilines is 2. The highest BCUT2D eigenvalue weighted by atomic mass is 19.4. The van der Waals surface area contributed by atoms with Gasteiger partial charge in [0.15, 0.2) is 5.69 Å². The second kappa shape index (κ2) is 8.95. The van der Waals surface area contributed by atoms with E-state index in [1.54, 1.807) is 49.6 Å². The van der Waals surface area contributed by atoms with Crippen LogP contribution in [0, 0.1) is 0 Å². The number of ether oxygens (including phenoxy) is 1. The first-order valence-electron chi connectivity index (χ1n) is 8.99. The van der Waals surface area contributed by atoms with Gasteiger partial charge in [-0.2, -0.15) is 18.3 Å². The molecule has 2 heterocycles. The first-order valence-corrected chi connectivity index (χ1v) is 8.99. The molecule has 3 rings (SSSR count). The normalized spacial score (nSPS) is 11.4. The van der Waals surface area contributed by atoms with Gasteiger partial charge < -0.3 is 15.0 Å². The van der Waals surface area contributed by atoms with Crippen LogP contribution in [0.2, 0.25) is 0 Å². The minimum absolute atomic E-state index is 0.268. The topological polar surface area (TPSA) is 72.3 Å². The van der Waals surface area contributed by atoms with Crippen LogP contribution in [0.5, 0.6) is 0 Å². The predicted octanol–water partition coefficient (Wildman–Crippen LogP) is 3.62. The molecule has 1 aromatic carbocycles. The van der Waals surface area contributed by atoms with Crippen LogP contribution in [0.1, 0.15) is 16.1 Å². The summed E-state index contributed by atoms with van der Waals surface area (Å²) in [6.45, 7) is 1.13. The molecule has 0 atom stereocenters. The summed E-state index contributed by atoms with van der Waals surface area (Å²) >= 11 is 0. The third-order valence-corrected chi connectivity index (χ3v) is 4.28. The Balaban J connectivity index is 1.82. The number of benzene rings is 1. The Morgan fingerprint density at radius 1 is 1.20 bits per heavy atom. The third-order valence-electron chi connectivity index (χ3n) is 4.28. The number of halogens is 3. The highest BCUT2D eigenvalue weighted by Crippen LogP contribution is 2.32. The van der Waals surface area contributed by atoms with E-state index in [4.69, 9.17) is 4.74 Å². The minimum atomic E-state index is -4.78. The second-order valence-electron chi connectivity index (χ2n) is 6.44. The van der Waals surface area contributed by atoms with E-state index in [1.807, 2.05) is 11.9 Å². The van der Waals surface area contributed by atoms with E-state index in [0.29, 0.717) is 24.7 Å². The first kappa shape index (κ1) is 21.3. The van der Waals surface area contributed by atoms with Crippen molar-refractivity contribution in [3.05, 3.63) is 66.1 Å². The van der Waals surface area contributed by atoms with Gasteiger partial charge in [0.05, 0.1) is 29.7 Å². The summed E-state index contributed by atoms with van der Waals surface area (Å²) in [5, 5.41) is 6.02. The van der Waals surface area contributed by atoms with Crippen molar-refractivity contribution in [3.63, 3.8) is 0 Å². The summed E-state index contributed by atoms with van der Waals surface area (Å²) in [6, 6.07) is 11.5. The number of nitrogens with zero attached hydrogens (tertiary/aromatic N) is 4. The number of pyridine rings is 1. The fourth-order valence-corrected chi connectivity index (χ4v) is 2.69. The molecular formula is C20H20F3N5O2. The van der Waals surface area contributed by atoms with Gasteiger partial charge in [-0.05, 0) is 24.3 Å². The number of carbonyl (C=O) groups excluding carboxylic acids is 1. The molecule has 0 saturated heterocycles. The molecule has 7 nitrogen and oxygen atoms in total. The first-order chi connectivity index (χ1) is 14.3. The van der Waals surface area contributed by atoms with Crippen LogP contribution in [0.4, 0.5) is 24.7 Å². The summed E-state index contributed by atoms with van der Waals surface area (Å²) in [5.41, 5.74) is -1.16. The SMILES string of the molecule is COCCN(C)c1ccc(NC(=O)c2cn(-c3ccccc3)nc2C(F)(F)F)cn1. The van der Waals surface area contributed by atoms with Crippen molar-refractivity contribution in [1.29, 1.82) is 0 Å². The largest absolute Gasteiger partial charge is 0.435 e. The van der Waals surface area contributed by atoms with Crippen molar-refractivity contribution in [2.45, 2.75) is 6.18 Å². The van der Waals surface area contributed by atoms with Crippen molar-refractivity contribution in [1.82, 2.24) is 14.8 Å². The Morgan fingerprint density at radius 3 is 2.53 bits per heavy atom. The third kappa shape index (κ3) is 4.95. The molecule has 1 N–H and O–H groups in total. The van der Waals surface area contributed by atoms with Crippen molar-refractivity contribution >= 4 is 17.4 Å². The van der Waals surface area contributed by atoms with Crippen molar-refractivity contribution in [3.8, 4) is 5.69 Å². The molecular weight excluding hydrogens is 399 g/mol. The number of hydrogen-bond donors (Lipinski definition) is 1. The molecule has 0 fully saturated rings. The molecule has 30 heavy (non-hydrogen) atoms. The fourth-order valence-electron chi connectivity index (χ4n) is 2.69. The van der Waals surface area contributed by atoms with E-state index in [2.05, 4.69) is 15.4 Å². The Hall–Kier alpha value is -3.40. The number of likely N-dealkylation sites (N-methyl/N-ethyl adjacent to an activating group) is 1. The van der Waals surface area contributed by atoms with Crippen molar-refractivity contribution < 1.29 is 22.7 Å². The van der Waals surface area contributed by atoms with Crippen LogP contribution < -0.4 is 10.2 Å². The van der Waals surface area contributed by atoms with Crippen molar-refractivity contribution in [2.75, 3.05) is 37.5 Å². The van der Waals surface area contributed by atoms with E-state index in [9.17, 15) is 18.0 Å². The molecule has 0 bridgehead atoms. The molecule has 0 aliphatic carbocycles. The molecule has 0 saturated carbocycles. The predicted molar refractivity (Wildman–Crippen MR) is 106 cm³/mol. The Kier molecular flexibility index (Phi) is 6.36. The van der Waals surface area contributed by atoms with Crippen molar-refractivity contribution in [2.24, 2.45) is 0 Å². The monoisotopic (exact) mass is 419 g/mol. The van der Waals surface area contributed by atoms with Crippen LogP contribution in [0.15, 0.2) is 54.9 Å². The molecule has 0 unspecified atom stereocenters. The summed E-state index contributed by atoms with van der Waals surface area (Å²) in [7, 11) is 3.42. The second-order valence-corrected chi connectivity index (χ2v) is 6.44. The number of amides is 1. The molecule has 0 aliphatic heterocycles. The number of alkyl halides is 3. The minimum Gasteiger partial charge on any atom is -0.383 e. The number of aromatic nitrogens is 3. The zero-order valence-electron chi connectivity index (χ0n) is 16.3. The van der Waals surface area contributed by atoms with E-state index in [0.717, 1.165) is 10.9 Å². The lowest BCUT2D eigenvalue weighted by molar-refractivity contribution is -0.141. The lowest BCUT2D eigenvalue weighted by Crippen LogP contribution is -2.23. The molecule has 0 aliphatic rings. The van der Waals surface area contributed by atoms with Crippen LogP contribution in [-0.2, 0) is 10.9 Å². The maximum atomic E-state index is 13.4. The maximum absolute atomic E-state index is 13.4. The van der Waals surface area contributed by atoms with Gasteiger partial charge in [-0.1, -0.05) is 18.2 Å². The van der Waals surface area contributed by atoms with Gasteiger partial charge >= 0.3 is 6.18 Å². The number of hydrogen-bond acceptors (Lipinski definition) is 5. The zero-order valence-corrected chi connectivity index (χ0v) is 16.3. The average Bonchev–Trinajstić information content (AvgIpc) is 3.19. The summed E-state index contributed by atoms with van der Waals surface area (Å²) in [4.78, 5) is 18.6. The van der Waals surface area contributed by atoms with Gasteiger partial charge in [0.2, 0.25) is 0 Å². The summed E-state index contributed by atoms with van der Waals surface area (Å²) in [5.74, 6) is -0.287. The summed E-state index contributed by atoms with van der Waals surface area (Å²) < 4.78 is 46.3. The van der Waals surface area contributed by atoms with Gasteiger partial charge in [-0.3, -0.25) is 4.79 Å². The number of para-hydroxylation sites is 1. The maximum Gasteiger partial charge on any atom is 0.435 e. The number of nitrogens with one attached hydrogen (secondary N) is 1. The molecule has 2 aromatic heterocycles. The fraction of sp³-hybridized carbons (Fsp3) is 0.250. The van der Waals surface area contributed by atoms with Gasteiger partial charge in [0, 0.05) is 26.9 Å². The smallest absolute Gasteiger partial charge is 0.383 e. The Labute approximate surface area is 171 Å². The van der Waals surface area contributed by atoms with E-state index in [1.165, 1.54) is 6.20 Å². The van der Waals surface area contributed by atoms with Gasteiger partial charge in [0.1, 0.15) is 5.82 Å². The highest BCUT2D eigenvalue weighted by Gasteiger charge is 2.39. The van der Waals surface area contributed by atoms with Gasteiger partial charge in [-0.15, -0.1) is 0 Å². The van der Waals surface area contributed by atoms with E-state index in [-0.39, 0.29) is 5.69 Å². The molecule has 0 spiro atoms. The van der Waals surface area contributed by atoms with E-state index >= 15 is 0 Å². The van der Waals surface area contributed by atoms with Crippen LogP contribution >= 0.6 is 0 Å². The lowest BCUT2D eigenvalue weighted by atomic mass is 10.2. The average molecular weight is 419 g/mol. The van der Waals surface area contributed by atoms with Crippen LogP contribution in [0.25, 0.3) is 5.69 Å². The molecule has 10 heteroatoms. The Morgan fingerprint density at radius 2 is 1.93 bits per heavy atom. The van der Waals surface area contributed by atoms with Gasteiger partial charge in [0.25, 0.3) is 5.91 Å². The highest BCUT2D eigenvalue weighted by molar-refractivity contribution is 6.05. The molecule has 3 aromatic rings. The van der Waals surface area contributed by atoms with E-state index < -0.39 is 23.3 Å². The lowest BCUT2D eigenvalue weighted by Gasteiger charge is -2.17. The number of carbonyl (C=O) groups is 1. The number of rotatable bonds is 7. The Bertz CT molecular complexity index is 988. The van der Waals surface area contributed by atoms with Gasteiger partial charge in [-0.25, -0.2) is 9.67 Å². The molecule has 0 radical (unpaired) electrons. The standard InChI is InChI=1S/C20H20F3N5O2/c1-27(10-11-30-2)17-9-8-14(12-24-17)25-19(29)16-13-28(15-6-4-3-5-7-15)26-18(16)20(21,22)23/h3-9,12-13H,10-11H2,1-2H3,(H,25,29). The van der Waals surface area contributed by atoms with Crippen LogP contribution in [-0.4, -0.2) is 48.0 Å². The van der Waals surface area contributed by atoms with Crippen LogP contribution in [0.3, 0.4) is 0 Å². The zero-order chi connectivity index (χ0) is 21.7. The number of methoxy groups -OCH3 is 1.